The van der Waals surface area contributed by atoms with E-state index >= 15 is 0 Å². The van der Waals surface area contributed by atoms with Gasteiger partial charge in [-0.15, -0.1) is 0 Å². The van der Waals surface area contributed by atoms with Crippen LogP contribution in [0.5, 0.6) is 0 Å². The third kappa shape index (κ3) is 5.77. The van der Waals surface area contributed by atoms with Crippen LogP contribution in [0.25, 0.3) is 0 Å². The van der Waals surface area contributed by atoms with Crippen LogP contribution in [0.2, 0.25) is 0 Å². The van der Waals surface area contributed by atoms with Crippen LogP contribution < -0.4 is 21.2 Å². The van der Waals surface area contributed by atoms with Gasteiger partial charge >= 0.3 is 0 Å². The fourth-order valence-corrected chi connectivity index (χ4v) is 10.7. The van der Waals surface area contributed by atoms with E-state index in [4.69, 9.17) is 4.52 Å². The van der Waals surface area contributed by atoms with Gasteiger partial charge < -0.3 is 4.52 Å². The van der Waals surface area contributed by atoms with Gasteiger partial charge in [0.05, 0.1) is 14.8 Å². The number of rotatable bonds is 8. The standard InChI is InChI=1S/C35H39NOP2/c1-25-5-15-31(16-6-25)38(32-17-7-26(2)8-18-32)36-30-14-13-29(23-30)35(36)24-37-39(33-19-9-27(3)10-20-33)34-21-11-28(4)12-22-34/h5-12,15-22,29-30,35H,13-14,23-24H2,1-4H3/t29-,30+,35+/m0/s1. The van der Waals surface area contributed by atoms with Crippen LogP contribution in [0.4, 0.5) is 0 Å². The minimum atomic E-state index is -0.876. The average Bonchev–Trinajstić information content (AvgIpc) is 3.55. The quantitative estimate of drug-likeness (QED) is 0.215. The van der Waals surface area contributed by atoms with E-state index in [1.54, 1.807) is 0 Å². The zero-order chi connectivity index (χ0) is 26.9. The van der Waals surface area contributed by atoms with Crippen LogP contribution in [0, 0.1) is 33.6 Å². The summed E-state index contributed by atoms with van der Waals surface area (Å²) < 4.78 is 9.95. The number of aryl methyl sites for hydroxylation is 4. The molecule has 0 unspecified atom stereocenters. The molecule has 0 spiro atoms. The van der Waals surface area contributed by atoms with Gasteiger partial charge in [0.2, 0.25) is 0 Å². The molecule has 1 aliphatic carbocycles. The zero-order valence-corrected chi connectivity index (χ0v) is 25.3. The Hall–Kier alpha value is -2.34. The molecular formula is C35H39NOP2. The first kappa shape index (κ1) is 26.9. The highest BCUT2D eigenvalue weighted by Gasteiger charge is 2.49. The third-order valence-electron chi connectivity index (χ3n) is 8.40. The maximum Gasteiger partial charge on any atom is 0.0918 e. The summed E-state index contributed by atoms with van der Waals surface area (Å²) >= 11 is 0. The summed E-state index contributed by atoms with van der Waals surface area (Å²) in [6, 6.07) is 37.7. The molecule has 1 saturated carbocycles. The van der Waals surface area contributed by atoms with E-state index in [0.29, 0.717) is 18.0 Å². The van der Waals surface area contributed by atoms with E-state index in [9.17, 15) is 0 Å². The zero-order valence-electron chi connectivity index (χ0n) is 23.5. The summed E-state index contributed by atoms with van der Waals surface area (Å²) in [7, 11) is -1.49. The fourth-order valence-electron chi connectivity index (χ4n) is 6.19. The Bertz CT molecular complexity index is 1290. The highest BCUT2D eigenvalue weighted by molar-refractivity contribution is 7.71. The van der Waals surface area contributed by atoms with Gasteiger partial charge in [0.1, 0.15) is 0 Å². The highest BCUT2D eigenvalue weighted by atomic mass is 31.1. The number of piperidine rings is 1. The van der Waals surface area contributed by atoms with Crippen molar-refractivity contribution in [2.75, 3.05) is 6.61 Å². The van der Waals surface area contributed by atoms with E-state index in [-0.39, 0.29) is 0 Å². The molecular weight excluding hydrogens is 512 g/mol. The second kappa shape index (κ2) is 11.6. The van der Waals surface area contributed by atoms with E-state index in [1.807, 2.05) is 0 Å². The van der Waals surface area contributed by atoms with E-state index in [1.165, 1.54) is 62.7 Å². The molecule has 2 bridgehead atoms. The first-order valence-corrected chi connectivity index (χ1v) is 16.8. The van der Waals surface area contributed by atoms with Crippen LogP contribution >= 0.6 is 16.2 Å². The predicted octanol–water partition coefficient (Wildman–Crippen LogP) is 7.19. The van der Waals surface area contributed by atoms with E-state index in [2.05, 4.69) is 129 Å². The van der Waals surface area contributed by atoms with Crippen molar-refractivity contribution in [1.29, 1.82) is 0 Å². The molecule has 0 aromatic heterocycles. The largest absolute Gasteiger partial charge is 0.348 e. The van der Waals surface area contributed by atoms with Crippen molar-refractivity contribution in [2.45, 2.75) is 59.0 Å². The average molecular weight is 552 g/mol. The SMILES string of the molecule is Cc1ccc(P(OC[C@@H]2[C@H]3CC[C@H](C3)N2P(c2ccc(C)cc2)c2ccc(C)cc2)c2ccc(C)cc2)cc1. The monoisotopic (exact) mass is 551 g/mol. The van der Waals surface area contributed by atoms with Crippen molar-refractivity contribution in [2.24, 2.45) is 5.92 Å². The van der Waals surface area contributed by atoms with Gasteiger partial charge in [-0.25, -0.2) is 0 Å². The molecule has 200 valence electrons. The Morgan fingerprint density at radius 2 is 1.00 bits per heavy atom. The van der Waals surface area contributed by atoms with Crippen molar-refractivity contribution in [3.8, 4) is 0 Å². The fraction of sp³-hybridized carbons (Fsp3) is 0.314. The number of fused-ring (bicyclic) bond motifs is 2. The molecule has 2 nitrogen and oxygen atoms in total. The lowest BCUT2D eigenvalue weighted by atomic mass is 10.0. The van der Waals surface area contributed by atoms with Crippen molar-refractivity contribution in [3.05, 3.63) is 119 Å². The minimum Gasteiger partial charge on any atom is -0.348 e. The summed E-state index contributed by atoms with van der Waals surface area (Å²) in [5, 5.41) is 5.51. The molecule has 39 heavy (non-hydrogen) atoms. The van der Waals surface area contributed by atoms with Gasteiger partial charge in [-0.05, 0) is 63.5 Å². The topological polar surface area (TPSA) is 12.5 Å². The lowest BCUT2D eigenvalue weighted by Crippen LogP contribution is -2.44. The Labute approximate surface area is 237 Å². The molecule has 4 aromatic carbocycles. The summed E-state index contributed by atoms with van der Waals surface area (Å²) in [6.45, 7) is 9.47. The van der Waals surface area contributed by atoms with Crippen LogP contribution in [0.15, 0.2) is 97.1 Å². The molecule has 2 fully saturated rings. The van der Waals surface area contributed by atoms with Gasteiger partial charge in [-0.1, -0.05) is 119 Å². The first-order chi connectivity index (χ1) is 19.0. The summed E-state index contributed by atoms with van der Waals surface area (Å²) in [5.41, 5.74) is 5.22. The molecule has 0 amide bonds. The second-order valence-electron chi connectivity index (χ2n) is 11.4. The van der Waals surface area contributed by atoms with Crippen molar-refractivity contribution < 1.29 is 4.52 Å². The normalized spacial score (nSPS) is 20.8. The molecule has 0 N–H and O–H groups in total. The molecule has 6 rings (SSSR count). The molecule has 1 saturated heterocycles. The highest BCUT2D eigenvalue weighted by Crippen LogP contribution is 2.55. The van der Waals surface area contributed by atoms with Gasteiger partial charge in [0.25, 0.3) is 0 Å². The molecule has 4 aromatic rings. The van der Waals surface area contributed by atoms with Crippen molar-refractivity contribution in [1.82, 2.24) is 4.67 Å². The minimum absolute atomic E-state index is 0.443. The Kier molecular flexibility index (Phi) is 8.02. The summed E-state index contributed by atoms with van der Waals surface area (Å²) in [6.07, 6.45) is 3.94. The van der Waals surface area contributed by atoms with Gasteiger partial charge in [-0.2, -0.15) is 0 Å². The summed E-state index contributed by atoms with van der Waals surface area (Å²) in [5.74, 6) is 0.712. The Morgan fingerprint density at radius 3 is 1.44 bits per heavy atom. The predicted molar refractivity (Wildman–Crippen MR) is 170 cm³/mol. The van der Waals surface area contributed by atoms with Gasteiger partial charge in [-0.3, -0.25) is 4.67 Å². The van der Waals surface area contributed by atoms with Crippen LogP contribution in [-0.2, 0) is 4.52 Å². The smallest absolute Gasteiger partial charge is 0.0918 e. The van der Waals surface area contributed by atoms with Crippen LogP contribution in [-0.4, -0.2) is 23.4 Å². The first-order valence-electron chi connectivity index (χ1n) is 14.2. The third-order valence-corrected chi connectivity index (χ3v) is 13.0. The lowest BCUT2D eigenvalue weighted by Gasteiger charge is -2.41. The van der Waals surface area contributed by atoms with Crippen LogP contribution in [0.1, 0.15) is 41.5 Å². The number of nitrogens with zero attached hydrogens (tertiary/aromatic N) is 1. The lowest BCUT2D eigenvalue weighted by molar-refractivity contribution is 0.181. The van der Waals surface area contributed by atoms with Crippen LogP contribution in [0.3, 0.4) is 0 Å². The second-order valence-corrected chi connectivity index (χ2v) is 15.4. The maximum atomic E-state index is 7.05. The molecule has 2 aliphatic rings. The molecule has 0 radical (unpaired) electrons. The van der Waals surface area contributed by atoms with Gasteiger partial charge in [0.15, 0.2) is 0 Å². The Morgan fingerprint density at radius 1 is 0.590 bits per heavy atom. The number of hydrogen-bond acceptors (Lipinski definition) is 2. The Balaban J connectivity index is 1.33. The van der Waals surface area contributed by atoms with Gasteiger partial charge in [0, 0.05) is 30.8 Å². The maximum absolute atomic E-state index is 7.05. The number of benzene rings is 4. The van der Waals surface area contributed by atoms with Crippen molar-refractivity contribution >= 4 is 37.4 Å². The molecule has 1 aliphatic heterocycles. The summed E-state index contributed by atoms with van der Waals surface area (Å²) in [4.78, 5) is 0. The molecule has 1 heterocycles. The van der Waals surface area contributed by atoms with E-state index < -0.39 is 16.2 Å². The molecule has 4 heteroatoms. The number of hydrogen-bond donors (Lipinski definition) is 0. The van der Waals surface area contributed by atoms with Crippen molar-refractivity contribution in [3.63, 3.8) is 0 Å². The van der Waals surface area contributed by atoms with E-state index in [0.717, 1.165) is 6.61 Å². The molecule has 3 atom stereocenters.